The van der Waals surface area contributed by atoms with E-state index in [2.05, 4.69) is 10.3 Å². The summed E-state index contributed by atoms with van der Waals surface area (Å²) in [6.07, 6.45) is 8.96. The van der Waals surface area contributed by atoms with Crippen molar-refractivity contribution in [2.24, 2.45) is 5.92 Å². The Balaban J connectivity index is 1.52. The molecule has 1 amide bonds. The van der Waals surface area contributed by atoms with Crippen molar-refractivity contribution in [1.29, 1.82) is 0 Å². The van der Waals surface area contributed by atoms with E-state index in [-0.39, 0.29) is 17.0 Å². The number of nitrogens with one attached hydrogen (secondary N) is 1. The van der Waals surface area contributed by atoms with E-state index in [0.717, 1.165) is 23.2 Å². The Labute approximate surface area is 128 Å². The summed E-state index contributed by atoms with van der Waals surface area (Å²) < 4.78 is 1.60. The standard InChI is InChI=1S/C15H21N3O2S/c19-13(16-7-3-6-11-4-1-2-5-11)12-10-17-15-18(14(12)20)8-9-21-15/h10-11H,1-9H2,(H,16,19). The number of rotatable bonds is 5. The first-order chi connectivity index (χ1) is 10.3. The first-order valence-corrected chi connectivity index (χ1v) is 8.75. The number of carbonyl (C=O) groups is 1. The topological polar surface area (TPSA) is 64.0 Å². The van der Waals surface area contributed by atoms with Crippen LogP contribution in [0.15, 0.2) is 16.1 Å². The lowest BCUT2D eigenvalue weighted by atomic mass is 10.0. The molecule has 0 bridgehead atoms. The molecule has 0 spiro atoms. The molecule has 0 aromatic carbocycles. The van der Waals surface area contributed by atoms with Gasteiger partial charge in [0.25, 0.3) is 11.5 Å². The molecule has 5 nitrogen and oxygen atoms in total. The Morgan fingerprint density at radius 3 is 3.05 bits per heavy atom. The number of amides is 1. The van der Waals surface area contributed by atoms with Crippen LogP contribution in [0.5, 0.6) is 0 Å². The van der Waals surface area contributed by atoms with Crippen LogP contribution in [0.1, 0.15) is 48.9 Å². The summed E-state index contributed by atoms with van der Waals surface area (Å²) in [5.74, 6) is 1.41. The molecule has 2 aliphatic rings. The molecule has 2 heterocycles. The molecule has 6 heteroatoms. The van der Waals surface area contributed by atoms with Gasteiger partial charge in [-0.05, 0) is 18.8 Å². The minimum atomic E-state index is -0.286. The molecule has 1 aliphatic carbocycles. The maximum absolute atomic E-state index is 12.2. The Morgan fingerprint density at radius 1 is 1.43 bits per heavy atom. The number of hydrogen-bond acceptors (Lipinski definition) is 4. The molecule has 114 valence electrons. The minimum Gasteiger partial charge on any atom is -0.352 e. The fraction of sp³-hybridized carbons (Fsp3) is 0.667. The van der Waals surface area contributed by atoms with E-state index in [0.29, 0.717) is 13.1 Å². The van der Waals surface area contributed by atoms with E-state index in [1.807, 2.05) is 0 Å². The minimum absolute atomic E-state index is 0.169. The lowest BCUT2D eigenvalue weighted by molar-refractivity contribution is 0.0949. The summed E-state index contributed by atoms with van der Waals surface area (Å²) in [5, 5.41) is 3.58. The first kappa shape index (κ1) is 14.6. The van der Waals surface area contributed by atoms with E-state index in [9.17, 15) is 9.59 Å². The largest absolute Gasteiger partial charge is 0.352 e. The van der Waals surface area contributed by atoms with Crippen molar-refractivity contribution in [3.63, 3.8) is 0 Å². The van der Waals surface area contributed by atoms with Gasteiger partial charge in [0.2, 0.25) is 0 Å². The third-order valence-corrected chi connectivity index (χ3v) is 5.32. The Morgan fingerprint density at radius 2 is 2.24 bits per heavy atom. The van der Waals surface area contributed by atoms with Crippen LogP contribution in [0.2, 0.25) is 0 Å². The molecule has 1 N–H and O–H groups in total. The van der Waals surface area contributed by atoms with Gasteiger partial charge in [0.15, 0.2) is 5.16 Å². The average Bonchev–Trinajstić information content (AvgIpc) is 3.15. The van der Waals surface area contributed by atoms with Gasteiger partial charge in [-0.25, -0.2) is 4.98 Å². The second kappa shape index (κ2) is 6.64. The third-order valence-electron chi connectivity index (χ3n) is 4.35. The Kier molecular flexibility index (Phi) is 4.63. The number of nitrogens with zero attached hydrogens (tertiary/aromatic N) is 2. The van der Waals surface area contributed by atoms with Crippen molar-refractivity contribution in [3.05, 3.63) is 22.1 Å². The van der Waals surface area contributed by atoms with Crippen LogP contribution in [0.3, 0.4) is 0 Å². The highest BCUT2D eigenvalue weighted by Gasteiger charge is 2.20. The van der Waals surface area contributed by atoms with Crippen molar-refractivity contribution in [2.75, 3.05) is 12.3 Å². The highest BCUT2D eigenvalue weighted by Crippen LogP contribution is 2.28. The second-order valence-corrected chi connectivity index (χ2v) is 6.87. The zero-order chi connectivity index (χ0) is 14.7. The number of carbonyl (C=O) groups excluding carboxylic acids is 1. The van der Waals surface area contributed by atoms with Crippen LogP contribution in [0.25, 0.3) is 0 Å². The van der Waals surface area contributed by atoms with Gasteiger partial charge in [0.05, 0.1) is 0 Å². The fourth-order valence-electron chi connectivity index (χ4n) is 3.16. The normalized spacial score (nSPS) is 17.9. The Hall–Kier alpha value is -1.30. The van der Waals surface area contributed by atoms with Crippen molar-refractivity contribution >= 4 is 17.7 Å². The number of thioether (sulfide) groups is 1. The molecule has 1 fully saturated rings. The molecule has 0 unspecified atom stereocenters. The molecule has 1 saturated carbocycles. The van der Waals surface area contributed by atoms with Gasteiger partial charge in [-0.3, -0.25) is 14.2 Å². The van der Waals surface area contributed by atoms with Gasteiger partial charge < -0.3 is 5.32 Å². The maximum atomic E-state index is 12.2. The highest BCUT2D eigenvalue weighted by atomic mass is 32.2. The van der Waals surface area contributed by atoms with E-state index in [4.69, 9.17) is 0 Å². The summed E-state index contributed by atoms with van der Waals surface area (Å²) in [4.78, 5) is 28.5. The number of fused-ring (bicyclic) bond motifs is 1. The molecule has 0 radical (unpaired) electrons. The molecular weight excluding hydrogens is 286 g/mol. The lowest BCUT2D eigenvalue weighted by Gasteiger charge is -2.09. The van der Waals surface area contributed by atoms with Crippen LogP contribution in [0.4, 0.5) is 0 Å². The van der Waals surface area contributed by atoms with Gasteiger partial charge in [0, 0.05) is 25.0 Å². The summed E-state index contributed by atoms with van der Waals surface area (Å²) in [5.41, 5.74) is -0.0413. The first-order valence-electron chi connectivity index (χ1n) is 7.76. The average molecular weight is 307 g/mol. The van der Waals surface area contributed by atoms with E-state index in [1.165, 1.54) is 38.3 Å². The summed E-state index contributed by atoms with van der Waals surface area (Å²) in [7, 11) is 0. The SMILES string of the molecule is O=C(NCCCC1CCCC1)c1cnc2n(c1=O)CCS2. The van der Waals surface area contributed by atoms with Gasteiger partial charge in [-0.1, -0.05) is 37.4 Å². The Bertz CT molecular complexity index is 579. The predicted octanol–water partition coefficient (Wildman–Crippen LogP) is 2.05. The van der Waals surface area contributed by atoms with Gasteiger partial charge in [-0.15, -0.1) is 0 Å². The van der Waals surface area contributed by atoms with Crippen LogP contribution in [-0.4, -0.2) is 27.8 Å². The molecule has 1 aliphatic heterocycles. The van der Waals surface area contributed by atoms with Gasteiger partial charge in [0.1, 0.15) is 5.56 Å². The molecule has 3 rings (SSSR count). The van der Waals surface area contributed by atoms with Crippen molar-refractivity contribution in [2.45, 2.75) is 50.2 Å². The lowest BCUT2D eigenvalue weighted by Crippen LogP contribution is -2.34. The predicted molar refractivity (Wildman–Crippen MR) is 82.7 cm³/mol. The monoisotopic (exact) mass is 307 g/mol. The molecular formula is C15H21N3O2S. The molecule has 0 saturated heterocycles. The molecule has 21 heavy (non-hydrogen) atoms. The molecule has 1 aromatic rings. The molecule has 0 atom stereocenters. The van der Waals surface area contributed by atoms with E-state index in [1.54, 1.807) is 16.3 Å². The molecule has 1 aromatic heterocycles. The quantitative estimate of drug-likeness (QED) is 0.668. The fourth-order valence-corrected chi connectivity index (χ4v) is 4.07. The summed E-state index contributed by atoms with van der Waals surface area (Å²) in [6.45, 7) is 1.29. The zero-order valence-corrected chi connectivity index (χ0v) is 13.0. The van der Waals surface area contributed by atoms with Crippen LogP contribution >= 0.6 is 11.8 Å². The smallest absolute Gasteiger partial charge is 0.267 e. The van der Waals surface area contributed by atoms with Crippen molar-refractivity contribution < 1.29 is 4.79 Å². The highest BCUT2D eigenvalue weighted by molar-refractivity contribution is 7.99. The number of hydrogen-bond donors (Lipinski definition) is 1. The van der Waals surface area contributed by atoms with Crippen molar-refractivity contribution in [3.8, 4) is 0 Å². The maximum Gasteiger partial charge on any atom is 0.267 e. The van der Waals surface area contributed by atoms with Gasteiger partial charge in [-0.2, -0.15) is 0 Å². The zero-order valence-electron chi connectivity index (χ0n) is 12.1. The summed E-state index contributed by atoms with van der Waals surface area (Å²) >= 11 is 1.56. The van der Waals surface area contributed by atoms with E-state index < -0.39 is 0 Å². The van der Waals surface area contributed by atoms with Crippen LogP contribution in [-0.2, 0) is 6.54 Å². The van der Waals surface area contributed by atoms with Crippen molar-refractivity contribution in [1.82, 2.24) is 14.9 Å². The third kappa shape index (κ3) is 3.31. The number of aromatic nitrogens is 2. The van der Waals surface area contributed by atoms with Crippen LogP contribution < -0.4 is 10.9 Å². The van der Waals surface area contributed by atoms with Crippen LogP contribution in [0, 0.1) is 5.92 Å². The van der Waals surface area contributed by atoms with Gasteiger partial charge >= 0.3 is 0 Å². The second-order valence-electron chi connectivity index (χ2n) is 5.81. The summed E-state index contributed by atoms with van der Waals surface area (Å²) in [6, 6.07) is 0. The van der Waals surface area contributed by atoms with E-state index >= 15 is 0 Å².